The zero-order valence-corrected chi connectivity index (χ0v) is 20.3. The summed E-state index contributed by atoms with van der Waals surface area (Å²) in [6.07, 6.45) is 3.53. The average Bonchev–Trinajstić information content (AvgIpc) is 2.80. The number of amides is 1. The molecule has 2 aromatic rings. The zero-order chi connectivity index (χ0) is 23.8. The van der Waals surface area contributed by atoms with Crippen molar-refractivity contribution in [3.63, 3.8) is 0 Å². The Labute approximate surface area is 197 Å². The Hall–Kier alpha value is -2.68. The van der Waals surface area contributed by atoms with Crippen LogP contribution < -0.4 is 10.1 Å². The van der Waals surface area contributed by atoms with E-state index in [1.807, 2.05) is 32.0 Å². The van der Waals surface area contributed by atoms with Crippen LogP contribution in [0.2, 0.25) is 0 Å². The third-order valence-corrected chi connectivity index (χ3v) is 7.29. The number of benzene rings is 2. The number of carbonyl (C=O) groups excluding carboxylic acids is 1. The van der Waals surface area contributed by atoms with Crippen molar-refractivity contribution in [2.24, 2.45) is 0 Å². The van der Waals surface area contributed by atoms with Gasteiger partial charge in [0.25, 0.3) is 5.91 Å². The molecular formula is C25H33N3O4S. The Morgan fingerprint density at radius 3 is 2.24 bits per heavy atom. The summed E-state index contributed by atoms with van der Waals surface area (Å²) in [6, 6.07) is 16.4. The summed E-state index contributed by atoms with van der Waals surface area (Å²) in [5.74, 6) is 0.244. The first-order valence-electron chi connectivity index (χ1n) is 11.3. The van der Waals surface area contributed by atoms with Gasteiger partial charge >= 0.3 is 0 Å². The highest BCUT2D eigenvalue weighted by Crippen LogP contribution is 2.21. The predicted octanol–water partition coefficient (Wildman–Crippen LogP) is 3.00. The van der Waals surface area contributed by atoms with Crippen molar-refractivity contribution in [2.75, 3.05) is 32.7 Å². The van der Waals surface area contributed by atoms with Gasteiger partial charge in [0, 0.05) is 38.8 Å². The summed E-state index contributed by atoms with van der Waals surface area (Å²) < 4.78 is 33.3. The molecule has 1 amide bonds. The molecule has 1 N–H and O–H groups in total. The van der Waals surface area contributed by atoms with E-state index in [4.69, 9.17) is 4.74 Å². The molecule has 7 nitrogen and oxygen atoms in total. The fourth-order valence-corrected chi connectivity index (χ4v) is 4.98. The van der Waals surface area contributed by atoms with E-state index in [9.17, 15) is 13.2 Å². The summed E-state index contributed by atoms with van der Waals surface area (Å²) >= 11 is 0. The first kappa shape index (κ1) is 25.0. The largest absolute Gasteiger partial charge is 0.481 e. The van der Waals surface area contributed by atoms with Crippen LogP contribution in [0.4, 0.5) is 0 Å². The SMILES string of the molecule is CC(C)NC(=O)[C@@H](C)Oc1ccc(S(=O)(=O)N2CCN(C/C=C/c3ccccc3)CC2)cc1. The maximum absolute atomic E-state index is 13.0. The molecule has 0 bridgehead atoms. The van der Waals surface area contributed by atoms with Crippen molar-refractivity contribution in [3.8, 4) is 5.75 Å². The Kier molecular flexibility index (Phi) is 8.66. The molecule has 1 heterocycles. The lowest BCUT2D eigenvalue weighted by atomic mass is 10.2. The van der Waals surface area contributed by atoms with Gasteiger partial charge in [-0.15, -0.1) is 0 Å². The molecule has 0 saturated carbocycles. The summed E-state index contributed by atoms with van der Waals surface area (Å²) in [4.78, 5) is 14.5. The van der Waals surface area contributed by atoms with Gasteiger partial charge in [-0.25, -0.2) is 8.42 Å². The topological polar surface area (TPSA) is 78.9 Å². The molecule has 1 aliphatic heterocycles. The van der Waals surface area contributed by atoms with Crippen molar-refractivity contribution in [2.45, 2.75) is 37.8 Å². The maximum atomic E-state index is 13.0. The van der Waals surface area contributed by atoms with Gasteiger partial charge in [0.05, 0.1) is 4.90 Å². The van der Waals surface area contributed by atoms with Crippen molar-refractivity contribution in [1.29, 1.82) is 0 Å². The lowest BCUT2D eigenvalue weighted by Crippen LogP contribution is -2.48. The second-order valence-corrected chi connectivity index (χ2v) is 10.4. The van der Waals surface area contributed by atoms with E-state index in [-0.39, 0.29) is 16.8 Å². The minimum absolute atomic E-state index is 0.0245. The van der Waals surface area contributed by atoms with E-state index in [1.54, 1.807) is 19.1 Å². The first-order chi connectivity index (χ1) is 15.8. The molecule has 0 unspecified atom stereocenters. The number of nitrogens with zero attached hydrogens (tertiary/aromatic N) is 2. The number of piperazine rings is 1. The molecule has 1 atom stereocenters. The lowest BCUT2D eigenvalue weighted by molar-refractivity contribution is -0.127. The molecule has 1 fully saturated rings. The van der Waals surface area contributed by atoms with Crippen molar-refractivity contribution in [3.05, 3.63) is 66.2 Å². The number of carbonyl (C=O) groups is 1. The number of ether oxygens (including phenoxy) is 1. The summed E-state index contributed by atoms with van der Waals surface area (Å²) in [6.45, 7) is 8.48. The van der Waals surface area contributed by atoms with Crippen LogP contribution in [0, 0.1) is 0 Å². The summed E-state index contributed by atoms with van der Waals surface area (Å²) in [5, 5.41) is 2.79. The highest BCUT2D eigenvalue weighted by atomic mass is 32.2. The fourth-order valence-electron chi connectivity index (χ4n) is 3.55. The van der Waals surface area contributed by atoms with Gasteiger partial charge in [0.2, 0.25) is 10.0 Å². The molecule has 1 aliphatic rings. The molecule has 0 aromatic heterocycles. The number of sulfonamides is 1. The van der Waals surface area contributed by atoms with Crippen LogP contribution in [0.15, 0.2) is 65.6 Å². The van der Waals surface area contributed by atoms with E-state index in [1.165, 1.54) is 16.4 Å². The molecule has 33 heavy (non-hydrogen) atoms. The van der Waals surface area contributed by atoms with Crippen LogP contribution in [0.25, 0.3) is 6.08 Å². The smallest absolute Gasteiger partial charge is 0.260 e. The van der Waals surface area contributed by atoms with E-state index < -0.39 is 16.1 Å². The van der Waals surface area contributed by atoms with Crippen LogP contribution in [0.3, 0.4) is 0 Å². The third-order valence-electron chi connectivity index (χ3n) is 5.38. The summed E-state index contributed by atoms with van der Waals surface area (Å²) in [5.41, 5.74) is 1.15. The molecule has 0 radical (unpaired) electrons. The van der Waals surface area contributed by atoms with Gasteiger partial charge in [0.1, 0.15) is 5.75 Å². The van der Waals surface area contributed by atoms with Crippen LogP contribution in [-0.4, -0.2) is 68.4 Å². The Morgan fingerprint density at radius 2 is 1.64 bits per heavy atom. The monoisotopic (exact) mass is 471 g/mol. The minimum atomic E-state index is -3.57. The second-order valence-electron chi connectivity index (χ2n) is 8.41. The van der Waals surface area contributed by atoms with Crippen molar-refractivity contribution in [1.82, 2.24) is 14.5 Å². The van der Waals surface area contributed by atoms with Gasteiger partial charge in [-0.1, -0.05) is 42.5 Å². The molecule has 3 rings (SSSR count). The van der Waals surface area contributed by atoms with Gasteiger partial charge in [-0.3, -0.25) is 9.69 Å². The van der Waals surface area contributed by atoms with E-state index in [2.05, 4.69) is 34.5 Å². The standard InChI is InChI=1S/C25H33N3O4S/c1-20(2)26-25(29)21(3)32-23-11-13-24(14-12-23)33(30,31)28-18-16-27(17-19-28)15-7-10-22-8-5-4-6-9-22/h4-14,20-21H,15-19H2,1-3H3,(H,26,29)/b10-7+/t21-/m1/s1. The normalized spacial score (nSPS) is 16.7. The molecular weight excluding hydrogens is 438 g/mol. The van der Waals surface area contributed by atoms with E-state index >= 15 is 0 Å². The van der Waals surface area contributed by atoms with Gasteiger partial charge in [-0.05, 0) is 50.6 Å². The van der Waals surface area contributed by atoms with Gasteiger partial charge in [0.15, 0.2) is 6.10 Å². The van der Waals surface area contributed by atoms with E-state index in [0.29, 0.717) is 31.9 Å². The van der Waals surface area contributed by atoms with Crippen molar-refractivity contribution < 1.29 is 17.9 Å². The van der Waals surface area contributed by atoms with Crippen LogP contribution in [0.5, 0.6) is 5.75 Å². The summed E-state index contributed by atoms with van der Waals surface area (Å²) in [7, 11) is -3.57. The van der Waals surface area contributed by atoms with Gasteiger partial charge in [-0.2, -0.15) is 4.31 Å². The lowest BCUT2D eigenvalue weighted by Gasteiger charge is -2.33. The van der Waals surface area contributed by atoms with Crippen LogP contribution in [0.1, 0.15) is 26.3 Å². The highest BCUT2D eigenvalue weighted by molar-refractivity contribution is 7.89. The highest BCUT2D eigenvalue weighted by Gasteiger charge is 2.28. The first-order valence-corrected chi connectivity index (χ1v) is 12.7. The number of rotatable bonds is 9. The molecule has 178 valence electrons. The van der Waals surface area contributed by atoms with Gasteiger partial charge < -0.3 is 10.1 Å². The maximum Gasteiger partial charge on any atom is 0.260 e. The molecule has 0 spiro atoms. The Morgan fingerprint density at radius 1 is 1.00 bits per heavy atom. The molecule has 0 aliphatic carbocycles. The Balaban J connectivity index is 1.52. The Bertz CT molecular complexity index is 1030. The molecule has 8 heteroatoms. The van der Waals surface area contributed by atoms with E-state index in [0.717, 1.165) is 12.1 Å². The minimum Gasteiger partial charge on any atom is -0.481 e. The number of nitrogens with one attached hydrogen (secondary N) is 1. The van der Waals surface area contributed by atoms with Crippen LogP contribution in [-0.2, 0) is 14.8 Å². The quantitative estimate of drug-likeness (QED) is 0.608. The predicted molar refractivity (Wildman–Crippen MR) is 130 cm³/mol. The number of hydrogen-bond acceptors (Lipinski definition) is 5. The van der Waals surface area contributed by atoms with Crippen molar-refractivity contribution >= 4 is 22.0 Å². The third kappa shape index (κ3) is 7.15. The second kappa shape index (κ2) is 11.4. The van der Waals surface area contributed by atoms with Crippen LogP contribution >= 0.6 is 0 Å². The average molecular weight is 472 g/mol. The molecule has 2 aromatic carbocycles. The molecule has 1 saturated heterocycles. The number of hydrogen-bond donors (Lipinski definition) is 1. The zero-order valence-electron chi connectivity index (χ0n) is 19.5. The fraction of sp³-hybridized carbons (Fsp3) is 0.400.